The van der Waals surface area contributed by atoms with Crippen LogP contribution in [0.4, 0.5) is 4.39 Å². The van der Waals surface area contributed by atoms with Crippen LogP contribution in [0.25, 0.3) is 11.4 Å². The minimum Gasteiger partial charge on any atom is -0.337 e. The van der Waals surface area contributed by atoms with E-state index in [0.29, 0.717) is 5.16 Å². The molecule has 0 radical (unpaired) electrons. The zero-order valence-electron chi connectivity index (χ0n) is 15.1. The number of aromatic nitrogens is 3. The Bertz CT molecular complexity index is 738. The number of nitrogens with zero attached hydrogens (tertiary/aromatic N) is 4. The summed E-state index contributed by atoms with van der Waals surface area (Å²) >= 11 is 1.21. The Hall–Kier alpha value is -2.09. The topological polar surface area (TPSA) is 77.0 Å². The highest BCUT2D eigenvalue weighted by molar-refractivity contribution is 8.00. The Morgan fingerprint density at radius 3 is 2.32 bits per heavy atom. The van der Waals surface area contributed by atoms with E-state index >= 15 is 0 Å². The van der Waals surface area contributed by atoms with Crippen LogP contribution >= 0.6 is 11.8 Å². The molecule has 0 aliphatic heterocycles. The van der Waals surface area contributed by atoms with Crippen molar-refractivity contribution in [3.63, 3.8) is 0 Å². The standard InChI is InChI=1S/C17H24FN5OS/c1-10(2)22(11(3)4)16(24)12(5)25-17-21-20-15(23(17)19)13-8-6-7-9-14(13)18/h6-12H,19H2,1-5H3/t12-/m1/s1. The first kappa shape index (κ1) is 19.2. The molecule has 0 saturated carbocycles. The van der Waals surface area contributed by atoms with Crippen LogP contribution < -0.4 is 5.84 Å². The van der Waals surface area contributed by atoms with Gasteiger partial charge in [0, 0.05) is 12.1 Å². The predicted molar refractivity (Wildman–Crippen MR) is 98.0 cm³/mol. The third-order valence-electron chi connectivity index (χ3n) is 3.78. The van der Waals surface area contributed by atoms with Gasteiger partial charge in [-0.3, -0.25) is 4.79 Å². The summed E-state index contributed by atoms with van der Waals surface area (Å²) in [6, 6.07) is 6.42. The maximum atomic E-state index is 13.9. The molecule has 0 unspecified atom stereocenters. The van der Waals surface area contributed by atoms with Crippen LogP contribution in [-0.4, -0.2) is 43.0 Å². The number of benzene rings is 1. The molecule has 1 amide bonds. The van der Waals surface area contributed by atoms with Crippen LogP contribution in [0.1, 0.15) is 34.6 Å². The van der Waals surface area contributed by atoms with Gasteiger partial charge in [0.25, 0.3) is 0 Å². The molecule has 0 fully saturated rings. The molecule has 2 aromatic rings. The van der Waals surface area contributed by atoms with Crippen LogP contribution in [0.3, 0.4) is 0 Å². The molecule has 0 aliphatic carbocycles. The molecule has 8 heteroatoms. The lowest BCUT2D eigenvalue weighted by atomic mass is 10.2. The summed E-state index contributed by atoms with van der Waals surface area (Å²) in [6.07, 6.45) is 0. The number of rotatable bonds is 6. The van der Waals surface area contributed by atoms with E-state index in [1.807, 2.05) is 39.5 Å². The average molecular weight is 365 g/mol. The van der Waals surface area contributed by atoms with E-state index < -0.39 is 5.82 Å². The predicted octanol–water partition coefficient (Wildman–Crippen LogP) is 2.92. The highest BCUT2D eigenvalue weighted by atomic mass is 32.2. The van der Waals surface area contributed by atoms with Crippen LogP contribution in [0.5, 0.6) is 0 Å². The fourth-order valence-corrected chi connectivity index (χ4v) is 3.53. The molecule has 6 nitrogen and oxygen atoms in total. The number of nitrogens with two attached hydrogens (primary N) is 1. The molecule has 1 aromatic heterocycles. The smallest absolute Gasteiger partial charge is 0.236 e. The number of nitrogen functional groups attached to an aromatic ring is 1. The highest BCUT2D eigenvalue weighted by Gasteiger charge is 2.27. The van der Waals surface area contributed by atoms with Crippen molar-refractivity contribution >= 4 is 17.7 Å². The van der Waals surface area contributed by atoms with Crippen LogP contribution in [0.15, 0.2) is 29.4 Å². The van der Waals surface area contributed by atoms with Crippen molar-refractivity contribution in [2.24, 2.45) is 0 Å². The second-order valence-corrected chi connectivity index (χ2v) is 7.66. The molecule has 1 aromatic carbocycles. The summed E-state index contributed by atoms with van der Waals surface area (Å²) in [5.74, 6) is 5.84. The molecule has 0 saturated heterocycles. The molecule has 1 heterocycles. The van der Waals surface area contributed by atoms with Crippen molar-refractivity contribution in [1.82, 2.24) is 19.8 Å². The number of halogens is 1. The summed E-state index contributed by atoms with van der Waals surface area (Å²) in [6.45, 7) is 9.74. The van der Waals surface area contributed by atoms with Crippen LogP contribution in [0, 0.1) is 5.82 Å². The van der Waals surface area contributed by atoms with Crippen molar-refractivity contribution < 1.29 is 9.18 Å². The maximum Gasteiger partial charge on any atom is 0.236 e. The minimum atomic E-state index is -0.423. The molecule has 0 bridgehead atoms. The zero-order chi connectivity index (χ0) is 18.7. The van der Waals surface area contributed by atoms with Crippen molar-refractivity contribution in [1.29, 1.82) is 0 Å². The lowest BCUT2D eigenvalue weighted by Gasteiger charge is -2.32. The van der Waals surface area contributed by atoms with Gasteiger partial charge in [-0.25, -0.2) is 9.07 Å². The summed E-state index contributed by atoms with van der Waals surface area (Å²) in [5, 5.41) is 7.98. The van der Waals surface area contributed by atoms with Crippen molar-refractivity contribution in [2.45, 2.75) is 57.1 Å². The Labute approximate surface area is 151 Å². The van der Waals surface area contributed by atoms with E-state index in [1.165, 1.54) is 22.5 Å². The van der Waals surface area contributed by atoms with E-state index in [1.54, 1.807) is 18.2 Å². The van der Waals surface area contributed by atoms with Gasteiger partial charge in [-0.2, -0.15) is 0 Å². The second kappa shape index (κ2) is 7.86. The van der Waals surface area contributed by atoms with E-state index in [9.17, 15) is 9.18 Å². The monoisotopic (exact) mass is 365 g/mol. The normalized spacial score (nSPS) is 12.6. The first-order valence-electron chi connectivity index (χ1n) is 8.18. The second-order valence-electron chi connectivity index (χ2n) is 6.35. The van der Waals surface area contributed by atoms with E-state index in [4.69, 9.17) is 5.84 Å². The number of carbonyl (C=O) groups is 1. The van der Waals surface area contributed by atoms with Gasteiger partial charge >= 0.3 is 0 Å². The third kappa shape index (κ3) is 4.12. The fraction of sp³-hybridized carbons (Fsp3) is 0.471. The molecule has 0 aliphatic rings. The highest BCUT2D eigenvalue weighted by Crippen LogP contribution is 2.27. The van der Waals surface area contributed by atoms with Crippen LogP contribution in [-0.2, 0) is 4.79 Å². The Balaban J connectivity index is 2.21. The fourth-order valence-electron chi connectivity index (χ4n) is 2.71. The van der Waals surface area contributed by atoms with Gasteiger partial charge in [0.1, 0.15) is 5.82 Å². The van der Waals surface area contributed by atoms with Gasteiger partial charge in [0.15, 0.2) is 5.82 Å². The molecule has 2 N–H and O–H groups in total. The van der Waals surface area contributed by atoms with Crippen molar-refractivity contribution in [2.75, 3.05) is 5.84 Å². The van der Waals surface area contributed by atoms with Gasteiger partial charge < -0.3 is 10.7 Å². The number of thioether (sulfide) groups is 1. The minimum absolute atomic E-state index is 0.00504. The summed E-state index contributed by atoms with van der Waals surface area (Å²) in [5.41, 5.74) is 0.273. The summed E-state index contributed by atoms with van der Waals surface area (Å²) < 4.78 is 15.2. The van der Waals surface area contributed by atoms with Gasteiger partial charge in [-0.05, 0) is 46.8 Å². The molecular weight excluding hydrogens is 341 g/mol. The lowest BCUT2D eigenvalue weighted by molar-refractivity contribution is -0.133. The molecule has 25 heavy (non-hydrogen) atoms. The van der Waals surface area contributed by atoms with Crippen molar-refractivity contribution in [3.05, 3.63) is 30.1 Å². The first-order valence-corrected chi connectivity index (χ1v) is 9.06. The molecular formula is C17H24FN5OS. The van der Waals surface area contributed by atoms with Crippen molar-refractivity contribution in [3.8, 4) is 11.4 Å². The first-order chi connectivity index (χ1) is 11.7. The van der Waals surface area contributed by atoms with E-state index in [0.717, 1.165) is 0 Å². The van der Waals surface area contributed by atoms with Gasteiger partial charge in [-0.15, -0.1) is 10.2 Å². The van der Waals surface area contributed by atoms with E-state index in [2.05, 4.69) is 10.2 Å². The third-order valence-corrected chi connectivity index (χ3v) is 4.82. The number of amides is 1. The SMILES string of the molecule is CC(C)N(C(=O)[C@@H](C)Sc1nnc(-c2ccccc2F)n1N)C(C)C. The summed E-state index contributed by atoms with van der Waals surface area (Å²) in [4.78, 5) is 14.5. The molecule has 0 spiro atoms. The van der Waals surface area contributed by atoms with Crippen LogP contribution in [0.2, 0.25) is 0 Å². The van der Waals surface area contributed by atoms with E-state index in [-0.39, 0.29) is 34.6 Å². The zero-order valence-corrected chi connectivity index (χ0v) is 15.9. The maximum absolute atomic E-state index is 13.9. The Morgan fingerprint density at radius 2 is 1.76 bits per heavy atom. The number of hydrogen-bond acceptors (Lipinski definition) is 5. The molecule has 136 valence electrons. The summed E-state index contributed by atoms with van der Waals surface area (Å²) in [7, 11) is 0. The van der Waals surface area contributed by atoms with Gasteiger partial charge in [-0.1, -0.05) is 23.9 Å². The number of hydrogen-bond donors (Lipinski definition) is 1. The Morgan fingerprint density at radius 1 is 1.16 bits per heavy atom. The van der Waals surface area contributed by atoms with Gasteiger partial charge in [0.2, 0.25) is 11.1 Å². The Kier molecular flexibility index (Phi) is 6.05. The average Bonchev–Trinajstić information content (AvgIpc) is 2.88. The number of carbonyl (C=O) groups excluding carboxylic acids is 1. The lowest BCUT2D eigenvalue weighted by Crippen LogP contribution is -2.45. The molecule has 2 rings (SSSR count). The quantitative estimate of drug-likeness (QED) is 0.629. The van der Waals surface area contributed by atoms with Gasteiger partial charge in [0.05, 0.1) is 10.8 Å². The molecule has 1 atom stereocenters. The largest absolute Gasteiger partial charge is 0.337 e.